The summed E-state index contributed by atoms with van der Waals surface area (Å²) in [5.74, 6) is 2.18. The molecule has 4 atom stereocenters. The second kappa shape index (κ2) is 3.34. The van der Waals surface area contributed by atoms with Crippen LogP contribution in [0.4, 0.5) is 0 Å². The van der Waals surface area contributed by atoms with Gasteiger partial charge in [0, 0.05) is 11.3 Å². The van der Waals surface area contributed by atoms with Crippen LogP contribution in [0.15, 0.2) is 42.0 Å². The predicted molar refractivity (Wildman–Crippen MR) is 71.2 cm³/mol. The second-order valence-corrected chi connectivity index (χ2v) is 6.50. The lowest BCUT2D eigenvalue weighted by molar-refractivity contribution is -0.125. The van der Waals surface area contributed by atoms with Crippen LogP contribution in [0.3, 0.4) is 0 Å². The molecular formula is C17H18O. The molecule has 0 amide bonds. The molecule has 18 heavy (non-hydrogen) atoms. The van der Waals surface area contributed by atoms with Gasteiger partial charge in [0.15, 0.2) is 5.78 Å². The Balaban J connectivity index is 1.83. The van der Waals surface area contributed by atoms with Gasteiger partial charge < -0.3 is 0 Å². The third-order valence-electron chi connectivity index (χ3n) is 5.30. The van der Waals surface area contributed by atoms with Gasteiger partial charge in [0.2, 0.25) is 0 Å². The first-order chi connectivity index (χ1) is 8.67. The summed E-state index contributed by atoms with van der Waals surface area (Å²) < 4.78 is 0. The Hall–Kier alpha value is -1.37. The molecule has 0 aliphatic heterocycles. The molecule has 4 unspecified atom stereocenters. The van der Waals surface area contributed by atoms with Gasteiger partial charge in [-0.3, -0.25) is 4.79 Å². The van der Waals surface area contributed by atoms with Crippen LogP contribution in [-0.2, 0) is 10.2 Å². The van der Waals surface area contributed by atoms with Crippen LogP contribution in [0.25, 0.3) is 0 Å². The monoisotopic (exact) mass is 238 g/mol. The number of hydrogen-bond donors (Lipinski definition) is 0. The number of carbonyl (C=O) groups is 1. The third-order valence-corrected chi connectivity index (χ3v) is 5.30. The Labute approximate surface area is 108 Å². The number of carbonyl (C=O) groups excluding carboxylic acids is 1. The molecule has 1 aromatic carbocycles. The summed E-state index contributed by atoms with van der Waals surface area (Å²) in [5, 5.41) is 0. The van der Waals surface area contributed by atoms with E-state index in [1.165, 1.54) is 18.4 Å². The molecule has 1 aromatic rings. The normalized spacial score (nSPS) is 41.1. The molecule has 0 aromatic heterocycles. The fourth-order valence-corrected chi connectivity index (χ4v) is 4.44. The van der Waals surface area contributed by atoms with Gasteiger partial charge in [-0.2, -0.15) is 0 Å². The van der Waals surface area contributed by atoms with Gasteiger partial charge in [0.05, 0.1) is 0 Å². The summed E-state index contributed by atoms with van der Waals surface area (Å²) in [4.78, 5) is 12.1. The number of rotatable bonds is 1. The van der Waals surface area contributed by atoms with E-state index in [1.807, 2.05) is 0 Å². The molecule has 0 saturated heterocycles. The van der Waals surface area contributed by atoms with Crippen LogP contribution in [-0.4, -0.2) is 5.78 Å². The predicted octanol–water partition coefficient (Wildman–Crippen LogP) is 3.50. The summed E-state index contributed by atoms with van der Waals surface area (Å²) >= 11 is 0. The van der Waals surface area contributed by atoms with Gasteiger partial charge in [0.1, 0.15) is 0 Å². The molecule has 0 spiro atoms. The first kappa shape index (κ1) is 10.5. The zero-order valence-corrected chi connectivity index (χ0v) is 10.7. The molecule has 0 heterocycles. The minimum atomic E-state index is 0.0665. The lowest BCUT2D eigenvalue weighted by Crippen LogP contribution is -2.38. The highest BCUT2D eigenvalue weighted by molar-refractivity contribution is 6.05. The fourth-order valence-electron chi connectivity index (χ4n) is 4.44. The summed E-state index contributed by atoms with van der Waals surface area (Å²) in [6.07, 6.45) is 5.90. The number of allylic oxidation sites excluding steroid dienone is 2. The molecule has 3 aliphatic rings. The SMILES string of the molecule is CC1(c2ccccc2)C=C2C(=O)C3CC(CC23)C1. The molecule has 2 bridgehead atoms. The summed E-state index contributed by atoms with van der Waals surface area (Å²) in [6, 6.07) is 10.7. The number of Topliss-reactive ketones (excluding diaryl/α,β-unsaturated/α-hetero) is 1. The van der Waals surface area contributed by atoms with Crippen molar-refractivity contribution in [3.8, 4) is 0 Å². The van der Waals surface area contributed by atoms with E-state index in [-0.39, 0.29) is 5.41 Å². The first-order valence-electron chi connectivity index (χ1n) is 7.00. The highest BCUT2D eigenvalue weighted by atomic mass is 16.1. The minimum absolute atomic E-state index is 0.0665. The van der Waals surface area contributed by atoms with Crippen LogP contribution in [0.5, 0.6) is 0 Å². The van der Waals surface area contributed by atoms with Crippen molar-refractivity contribution < 1.29 is 4.79 Å². The van der Waals surface area contributed by atoms with Crippen LogP contribution >= 0.6 is 0 Å². The lowest BCUT2D eigenvalue weighted by Gasteiger charge is -2.37. The van der Waals surface area contributed by atoms with E-state index in [2.05, 4.69) is 43.3 Å². The van der Waals surface area contributed by atoms with Crippen molar-refractivity contribution in [2.75, 3.05) is 0 Å². The Morgan fingerprint density at radius 2 is 1.83 bits per heavy atom. The van der Waals surface area contributed by atoms with E-state index in [0.29, 0.717) is 17.6 Å². The molecule has 4 rings (SSSR count). The van der Waals surface area contributed by atoms with Crippen molar-refractivity contribution in [1.82, 2.24) is 0 Å². The molecule has 1 nitrogen and oxygen atoms in total. The van der Waals surface area contributed by atoms with Crippen LogP contribution in [0, 0.1) is 17.8 Å². The van der Waals surface area contributed by atoms with Gasteiger partial charge in [-0.1, -0.05) is 43.3 Å². The molecule has 1 heteroatoms. The van der Waals surface area contributed by atoms with Crippen LogP contribution in [0.1, 0.15) is 31.7 Å². The minimum Gasteiger partial charge on any atom is -0.294 e. The van der Waals surface area contributed by atoms with E-state index < -0.39 is 0 Å². The zero-order valence-electron chi connectivity index (χ0n) is 10.7. The molecule has 92 valence electrons. The van der Waals surface area contributed by atoms with E-state index in [9.17, 15) is 4.79 Å². The second-order valence-electron chi connectivity index (χ2n) is 6.50. The summed E-state index contributed by atoms with van der Waals surface area (Å²) in [5.41, 5.74) is 2.57. The molecule has 0 N–H and O–H groups in total. The first-order valence-corrected chi connectivity index (χ1v) is 7.00. The molecular weight excluding hydrogens is 220 g/mol. The van der Waals surface area contributed by atoms with Crippen LogP contribution in [0.2, 0.25) is 0 Å². The van der Waals surface area contributed by atoms with Gasteiger partial charge in [-0.15, -0.1) is 0 Å². The van der Waals surface area contributed by atoms with Crippen molar-refractivity contribution in [3.63, 3.8) is 0 Å². The Kier molecular flexibility index (Phi) is 1.96. The van der Waals surface area contributed by atoms with E-state index >= 15 is 0 Å². The topological polar surface area (TPSA) is 17.1 Å². The molecule has 0 radical (unpaired) electrons. The Morgan fingerprint density at radius 3 is 2.61 bits per heavy atom. The number of benzene rings is 1. The highest BCUT2D eigenvalue weighted by Crippen LogP contribution is 2.57. The number of ketones is 1. The maximum absolute atomic E-state index is 12.1. The number of fused-ring (bicyclic) bond motifs is 1. The van der Waals surface area contributed by atoms with Crippen LogP contribution < -0.4 is 0 Å². The van der Waals surface area contributed by atoms with Gasteiger partial charge in [-0.05, 0) is 42.2 Å². The van der Waals surface area contributed by atoms with E-state index in [1.54, 1.807) is 0 Å². The summed E-state index contributed by atoms with van der Waals surface area (Å²) in [6.45, 7) is 2.30. The fraction of sp³-hybridized carbons (Fsp3) is 0.471. The van der Waals surface area contributed by atoms with Crippen molar-refractivity contribution in [2.24, 2.45) is 17.8 Å². The third kappa shape index (κ3) is 1.25. The molecule has 2 saturated carbocycles. The largest absolute Gasteiger partial charge is 0.294 e. The Morgan fingerprint density at radius 1 is 1.11 bits per heavy atom. The maximum atomic E-state index is 12.1. The van der Waals surface area contributed by atoms with Crippen molar-refractivity contribution in [3.05, 3.63) is 47.5 Å². The molecule has 2 fully saturated rings. The molecule has 3 aliphatic carbocycles. The van der Waals surface area contributed by atoms with E-state index in [0.717, 1.165) is 17.9 Å². The van der Waals surface area contributed by atoms with Crippen molar-refractivity contribution in [1.29, 1.82) is 0 Å². The Bertz CT molecular complexity index is 540. The van der Waals surface area contributed by atoms with Crippen molar-refractivity contribution in [2.45, 2.75) is 31.6 Å². The van der Waals surface area contributed by atoms with E-state index in [4.69, 9.17) is 0 Å². The zero-order chi connectivity index (χ0) is 12.3. The smallest absolute Gasteiger partial charge is 0.162 e. The summed E-state index contributed by atoms with van der Waals surface area (Å²) in [7, 11) is 0. The number of hydrogen-bond acceptors (Lipinski definition) is 1. The highest BCUT2D eigenvalue weighted by Gasteiger charge is 2.54. The average Bonchev–Trinajstić information content (AvgIpc) is 2.69. The van der Waals surface area contributed by atoms with Gasteiger partial charge in [0.25, 0.3) is 0 Å². The van der Waals surface area contributed by atoms with Crippen molar-refractivity contribution >= 4 is 5.78 Å². The standard InChI is InChI=1S/C17H18O/c1-17(12-5-3-2-4-6-12)9-11-7-13-14(8-11)16(18)15(13)10-17/h2-6,10-11,13-14H,7-9H2,1H3. The average molecular weight is 238 g/mol. The van der Waals surface area contributed by atoms with Gasteiger partial charge >= 0.3 is 0 Å². The maximum Gasteiger partial charge on any atom is 0.162 e. The van der Waals surface area contributed by atoms with Gasteiger partial charge in [-0.25, -0.2) is 0 Å². The lowest BCUT2D eigenvalue weighted by atomic mass is 9.65. The quantitative estimate of drug-likeness (QED) is 0.732.